The summed E-state index contributed by atoms with van der Waals surface area (Å²) in [5.41, 5.74) is 6.64. The number of fused-ring (bicyclic) bond motifs is 1. The van der Waals surface area contributed by atoms with Gasteiger partial charge in [0.1, 0.15) is 0 Å². The van der Waals surface area contributed by atoms with Crippen LogP contribution in [0.15, 0.2) is 22.4 Å². The van der Waals surface area contributed by atoms with Crippen LogP contribution in [0.3, 0.4) is 0 Å². The van der Waals surface area contributed by atoms with E-state index in [9.17, 15) is 0 Å². The molecule has 0 saturated heterocycles. The molecule has 2 atom stereocenters. The molecule has 18 heavy (non-hydrogen) atoms. The first-order valence-corrected chi connectivity index (χ1v) is 7.67. The summed E-state index contributed by atoms with van der Waals surface area (Å²) in [5.74, 6) is 0.856. The SMILES string of the molecule is CNC1NC2=C(CCCCC2)C2=C1CC(C)CC2. The lowest BCUT2D eigenvalue weighted by Crippen LogP contribution is -2.45. The van der Waals surface area contributed by atoms with Crippen molar-refractivity contribution in [1.82, 2.24) is 10.6 Å². The third kappa shape index (κ3) is 2.11. The van der Waals surface area contributed by atoms with Crippen molar-refractivity contribution in [3.8, 4) is 0 Å². The van der Waals surface area contributed by atoms with Gasteiger partial charge in [0.05, 0.1) is 6.17 Å². The summed E-state index contributed by atoms with van der Waals surface area (Å²) in [4.78, 5) is 0. The number of likely N-dealkylation sites (N-methyl/N-ethyl adjacent to an activating group) is 1. The van der Waals surface area contributed by atoms with Crippen LogP contribution in [0.25, 0.3) is 0 Å². The minimum absolute atomic E-state index is 0.402. The molecule has 2 heteroatoms. The Morgan fingerprint density at radius 1 is 1.06 bits per heavy atom. The van der Waals surface area contributed by atoms with Crippen molar-refractivity contribution < 1.29 is 0 Å². The first kappa shape index (κ1) is 12.3. The fourth-order valence-electron chi connectivity index (χ4n) is 3.87. The molecule has 2 unspecified atom stereocenters. The number of rotatable bonds is 1. The lowest BCUT2D eigenvalue weighted by Gasteiger charge is -2.38. The van der Waals surface area contributed by atoms with Gasteiger partial charge in [-0.3, -0.25) is 5.32 Å². The Bertz CT molecular complexity index is 392. The van der Waals surface area contributed by atoms with E-state index in [-0.39, 0.29) is 0 Å². The maximum absolute atomic E-state index is 3.78. The van der Waals surface area contributed by atoms with Crippen molar-refractivity contribution in [2.24, 2.45) is 5.92 Å². The molecule has 3 aliphatic rings. The van der Waals surface area contributed by atoms with Crippen LogP contribution in [0, 0.1) is 5.92 Å². The summed E-state index contributed by atoms with van der Waals surface area (Å²) in [5, 5.41) is 7.25. The molecule has 0 amide bonds. The Morgan fingerprint density at radius 3 is 2.72 bits per heavy atom. The molecule has 0 aromatic rings. The minimum atomic E-state index is 0.402. The zero-order valence-corrected chi connectivity index (χ0v) is 11.8. The zero-order chi connectivity index (χ0) is 12.5. The molecule has 2 aliphatic carbocycles. The van der Waals surface area contributed by atoms with E-state index in [2.05, 4.69) is 24.6 Å². The van der Waals surface area contributed by atoms with Gasteiger partial charge in [0.25, 0.3) is 0 Å². The van der Waals surface area contributed by atoms with E-state index in [0.717, 1.165) is 5.92 Å². The average Bonchev–Trinajstić information content (AvgIpc) is 2.62. The maximum Gasteiger partial charge on any atom is 0.0992 e. The summed E-state index contributed by atoms with van der Waals surface area (Å²) >= 11 is 0. The molecule has 2 nitrogen and oxygen atoms in total. The molecule has 0 spiro atoms. The van der Waals surface area contributed by atoms with E-state index < -0.39 is 0 Å². The number of dihydropyridines is 1. The van der Waals surface area contributed by atoms with Crippen LogP contribution in [-0.2, 0) is 0 Å². The quantitative estimate of drug-likeness (QED) is 0.740. The average molecular weight is 246 g/mol. The van der Waals surface area contributed by atoms with Crippen LogP contribution < -0.4 is 10.6 Å². The Kier molecular flexibility index (Phi) is 3.47. The van der Waals surface area contributed by atoms with E-state index >= 15 is 0 Å². The zero-order valence-electron chi connectivity index (χ0n) is 11.8. The standard InChI is InChI=1S/C16H26N2/c1-11-8-9-12-13-6-4-3-5-7-15(13)18-16(17-2)14(12)10-11/h11,16-18H,3-10H2,1-2H3. The Labute approximate surface area is 111 Å². The van der Waals surface area contributed by atoms with Crippen LogP contribution in [0.5, 0.6) is 0 Å². The highest BCUT2D eigenvalue weighted by molar-refractivity contribution is 5.45. The fourth-order valence-corrected chi connectivity index (χ4v) is 3.87. The van der Waals surface area contributed by atoms with Gasteiger partial charge in [-0.15, -0.1) is 0 Å². The number of allylic oxidation sites excluding steroid dienone is 3. The largest absolute Gasteiger partial charge is 0.369 e. The lowest BCUT2D eigenvalue weighted by atomic mass is 9.77. The predicted molar refractivity (Wildman–Crippen MR) is 76.1 cm³/mol. The van der Waals surface area contributed by atoms with Gasteiger partial charge in [0.2, 0.25) is 0 Å². The highest BCUT2D eigenvalue weighted by Gasteiger charge is 2.31. The van der Waals surface area contributed by atoms with E-state index in [1.54, 1.807) is 22.4 Å². The van der Waals surface area contributed by atoms with E-state index in [1.165, 1.54) is 51.4 Å². The number of hydrogen-bond acceptors (Lipinski definition) is 2. The van der Waals surface area contributed by atoms with Gasteiger partial charge in [0, 0.05) is 5.70 Å². The van der Waals surface area contributed by atoms with Crippen molar-refractivity contribution in [3.63, 3.8) is 0 Å². The van der Waals surface area contributed by atoms with E-state index in [0.29, 0.717) is 6.17 Å². The molecule has 2 N–H and O–H groups in total. The van der Waals surface area contributed by atoms with Crippen LogP contribution in [-0.4, -0.2) is 13.2 Å². The van der Waals surface area contributed by atoms with Gasteiger partial charge < -0.3 is 5.32 Å². The smallest absolute Gasteiger partial charge is 0.0992 e. The van der Waals surface area contributed by atoms with Gasteiger partial charge >= 0.3 is 0 Å². The molecule has 0 aromatic heterocycles. The molecule has 100 valence electrons. The van der Waals surface area contributed by atoms with Crippen LogP contribution in [0.4, 0.5) is 0 Å². The van der Waals surface area contributed by atoms with Gasteiger partial charge in [-0.25, -0.2) is 0 Å². The van der Waals surface area contributed by atoms with Gasteiger partial charge in [-0.2, -0.15) is 0 Å². The topological polar surface area (TPSA) is 24.1 Å². The van der Waals surface area contributed by atoms with E-state index in [4.69, 9.17) is 0 Å². The second kappa shape index (κ2) is 5.08. The Morgan fingerprint density at radius 2 is 1.89 bits per heavy atom. The van der Waals surface area contributed by atoms with E-state index in [1.807, 2.05) is 0 Å². The number of hydrogen-bond donors (Lipinski definition) is 2. The van der Waals surface area contributed by atoms with Crippen molar-refractivity contribution in [3.05, 3.63) is 22.4 Å². The summed E-state index contributed by atoms with van der Waals surface area (Å²) in [7, 11) is 2.09. The predicted octanol–water partition coefficient (Wildman–Crippen LogP) is 3.47. The first-order chi connectivity index (χ1) is 8.79. The maximum atomic E-state index is 3.78. The lowest BCUT2D eigenvalue weighted by molar-refractivity contribution is 0.426. The highest BCUT2D eigenvalue weighted by atomic mass is 15.1. The molecule has 0 aromatic carbocycles. The Hall–Kier alpha value is -0.760. The minimum Gasteiger partial charge on any atom is -0.369 e. The summed E-state index contributed by atoms with van der Waals surface area (Å²) in [6.45, 7) is 2.40. The third-order valence-electron chi connectivity index (χ3n) is 4.88. The van der Waals surface area contributed by atoms with Crippen molar-refractivity contribution in [2.45, 2.75) is 64.5 Å². The molecular weight excluding hydrogens is 220 g/mol. The molecule has 0 saturated carbocycles. The highest BCUT2D eigenvalue weighted by Crippen LogP contribution is 2.41. The van der Waals surface area contributed by atoms with Gasteiger partial charge in [-0.05, 0) is 74.6 Å². The molecular formula is C16H26N2. The molecule has 0 radical (unpaired) electrons. The van der Waals surface area contributed by atoms with Crippen LogP contribution in [0.2, 0.25) is 0 Å². The fraction of sp³-hybridized carbons (Fsp3) is 0.750. The van der Waals surface area contributed by atoms with Gasteiger partial charge in [0.15, 0.2) is 0 Å². The molecule has 0 fully saturated rings. The van der Waals surface area contributed by atoms with Crippen molar-refractivity contribution >= 4 is 0 Å². The monoisotopic (exact) mass is 246 g/mol. The molecule has 1 heterocycles. The van der Waals surface area contributed by atoms with Crippen molar-refractivity contribution in [1.29, 1.82) is 0 Å². The first-order valence-electron chi connectivity index (χ1n) is 7.67. The normalized spacial score (nSPS) is 32.6. The summed E-state index contributed by atoms with van der Waals surface area (Å²) < 4.78 is 0. The van der Waals surface area contributed by atoms with Crippen molar-refractivity contribution in [2.75, 3.05) is 7.05 Å². The van der Waals surface area contributed by atoms with Gasteiger partial charge in [-0.1, -0.05) is 13.3 Å². The van der Waals surface area contributed by atoms with Crippen LogP contribution >= 0.6 is 0 Å². The third-order valence-corrected chi connectivity index (χ3v) is 4.88. The second-order valence-corrected chi connectivity index (χ2v) is 6.24. The molecule has 0 bridgehead atoms. The number of nitrogens with one attached hydrogen (secondary N) is 2. The summed E-state index contributed by atoms with van der Waals surface area (Å²) in [6.07, 6.45) is 11.1. The Balaban J connectivity index is 1.98. The molecule has 1 aliphatic heterocycles. The summed E-state index contributed by atoms with van der Waals surface area (Å²) in [6, 6.07) is 0. The second-order valence-electron chi connectivity index (χ2n) is 6.24. The molecule has 3 rings (SSSR count). The van der Waals surface area contributed by atoms with Crippen LogP contribution in [0.1, 0.15) is 58.3 Å².